The van der Waals surface area contributed by atoms with Crippen LogP contribution in [-0.4, -0.2) is 25.0 Å². The summed E-state index contributed by atoms with van der Waals surface area (Å²) in [4.78, 5) is 10.4. The van der Waals surface area contributed by atoms with Gasteiger partial charge in [0, 0.05) is 13.6 Å². The molecule has 66 valence electrons. The molecule has 0 aromatic heterocycles. The molecule has 1 aromatic carbocycles. The summed E-state index contributed by atoms with van der Waals surface area (Å²) in [6, 6.07) is 7.47. The summed E-state index contributed by atoms with van der Waals surface area (Å²) in [5.41, 5.74) is 0.385. The van der Waals surface area contributed by atoms with Crippen molar-refractivity contribution in [3.63, 3.8) is 0 Å². The Labute approximate surface area is 109 Å². The second-order valence-electron chi connectivity index (χ2n) is 2.56. The van der Waals surface area contributed by atoms with Gasteiger partial charge in [-0.25, -0.2) is 4.79 Å². The van der Waals surface area contributed by atoms with E-state index in [1.807, 2.05) is 0 Å². The monoisotopic (exact) mass is 264 g/mol. The van der Waals surface area contributed by atoms with E-state index in [-0.39, 0.29) is 32.7 Å². The molecular formula is C9H8BO3Y+2. The smallest absolute Gasteiger partial charge is 0.505 e. The van der Waals surface area contributed by atoms with Gasteiger partial charge in [-0.05, 0) is 6.92 Å². The van der Waals surface area contributed by atoms with Gasteiger partial charge in [-0.3, -0.25) is 0 Å². The zero-order chi connectivity index (χ0) is 9.84. The van der Waals surface area contributed by atoms with Crippen molar-refractivity contribution in [3.05, 3.63) is 24.3 Å². The van der Waals surface area contributed by atoms with Gasteiger partial charge in [0.05, 0.1) is 0 Å². The second kappa shape index (κ2) is 6.20. The molecule has 2 radical (unpaired) electrons. The van der Waals surface area contributed by atoms with E-state index >= 15 is 0 Å². The molecule has 0 spiro atoms. The first-order valence-corrected chi connectivity index (χ1v) is 3.76. The van der Waals surface area contributed by atoms with E-state index in [0.29, 0.717) is 11.2 Å². The first-order chi connectivity index (χ1) is 6.11. The van der Waals surface area contributed by atoms with Crippen LogP contribution < -0.4 is 10.2 Å². The number of rotatable bonds is 3. The number of carboxylic acids is 1. The molecule has 14 heavy (non-hydrogen) atoms. The average molecular weight is 264 g/mol. The van der Waals surface area contributed by atoms with Gasteiger partial charge in [-0.15, -0.1) is 6.07 Å². The average Bonchev–Trinajstić information content (AvgIpc) is 2.08. The van der Waals surface area contributed by atoms with E-state index in [1.54, 1.807) is 12.1 Å². The number of hydrogen-bond acceptors (Lipinski definition) is 2. The van der Waals surface area contributed by atoms with Crippen LogP contribution >= 0.6 is 0 Å². The first-order valence-electron chi connectivity index (χ1n) is 3.76. The van der Waals surface area contributed by atoms with Crippen LogP contribution in [0.25, 0.3) is 0 Å². The summed E-state index contributed by atoms with van der Waals surface area (Å²) in [5, 5.41) is 8.56. The Hall–Kier alpha value is -0.341. The fraction of sp³-hybridized carbons (Fsp3) is 0.222. The van der Waals surface area contributed by atoms with Crippen molar-refractivity contribution in [3.8, 4) is 5.75 Å². The third kappa shape index (κ3) is 3.80. The maximum absolute atomic E-state index is 10.4. The molecule has 3 nitrogen and oxygen atoms in total. The summed E-state index contributed by atoms with van der Waals surface area (Å²) < 4.78 is 5.06. The zero-order valence-corrected chi connectivity index (χ0v) is 10.6. The van der Waals surface area contributed by atoms with Crippen molar-refractivity contribution in [1.29, 1.82) is 0 Å². The quantitative estimate of drug-likeness (QED) is 0.623. The SMILES string of the molecule is [B]c1c[c-]ccc1OC(C)C(=O)O.[Y+3]. The van der Waals surface area contributed by atoms with Crippen LogP contribution in [0.1, 0.15) is 6.92 Å². The van der Waals surface area contributed by atoms with E-state index < -0.39 is 12.1 Å². The molecule has 1 rings (SSSR count). The topological polar surface area (TPSA) is 46.5 Å². The summed E-state index contributed by atoms with van der Waals surface area (Å²) >= 11 is 0. The van der Waals surface area contributed by atoms with Crippen LogP contribution in [0, 0.1) is 6.07 Å². The Morgan fingerprint density at radius 1 is 1.71 bits per heavy atom. The Morgan fingerprint density at radius 3 is 2.86 bits per heavy atom. The van der Waals surface area contributed by atoms with Crippen LogP contribution in [0.4, 0.5) is 0 Å². The third-order valence-corrected chi connectivity index (χ3v) is 1.51. The molecule has 0 saturated heterocycles. The molecule has 0 aliphatic rings. The van der Waals surface area contributed by atoms with Gasteiger partial charge in [0.2, 0.25) is 0 Å². The van der Waals surface area contributed by atoms with Gasteiger partial charge in [-0.2, -0.15) is 23.7 Å². The third-order valence-electron chi connectivity index (χ3n) is 1.51. The van der Waals surface area contributed by atoms with E-state index in [4.69, 9.17) is 17.7 Å². The second-order valence-corrected chi connectivity index (χ2v) is 2.56. The molecule has 5 heteroatoms. The zero-order valence-electron chi connectivity index (χ0n) is 7.73. The van der Waals surface area contributed by atoms with E-state index in [2.05, 4.69) is 6.07 Å². The maximum Gasteiger partial charge on any atom is 3.00 e. The van der Waals surface area contributed by atoms with Gasteiger partial charge in [0.1, 0.15) is 0 Å². The van der Waals surface area contributed by atoms with Gasteiger partial charge in [0.25, 0.3) is 0 Å². The van der Waals surface area contributed by atoms with Crippen molar-refractivity contribution in [1.82, 2.24) is 0 Å². The van der Waals surface area contributed by atoms with E-state index in [9.17, 15) is 4.79 Å². The van der Waals surface area contributed by atoms with E-state index in [0.717, 1.165) is 0 Å². The predicted molar refractivity (Wildman–Crippen MR) is 48.4 cm³/mol. The standard InChI is InChI=1S/C9H8BO3.Y/c1-6(9(11)12)13-8-5-3-2-4-7(8)10;/h3-6H,1H3,(H,11,12);/q-1;+3. The predicted octanol–water partition coefficient (Wildman–Crippen LogP) is 0.130. The fourth-order valence-corrected chi connectivity index (χ4v) is 0.777. The first kappa shape index (κ1) is 13.7. The minimum Gasteiger partial charge on any atom is -0.505 e. The normalized spacial score (nSPS) is 11.2. The summed E-state index contributed by atoms with van der Waals surface area (Å²) in [7, 11) is 5.52. The number of carbonyl (C=O) groups is 1. The van der Waals surface area contributed by atoms with E-state index in [1.165, 1.54) is 13.0 Å². The molecule has 0 fully saturated rings. The molecule has 0 saturated carbocycles. The Balaban J connectivity index is 0.00000169. The number of hydrogen-bond donors (Lipinski definition) is 1. The van der Waals surface area contributed by atoms with Crippen molar-refractivity contribution in [2.45, 2.75) is 13.0 Å². The minimum atomic E-state index is -1.02. The molecule has 1 N–H and O–H groups in total. The molecule has 0 aliphatic carbocycles. The Bertz CT molecular complexity index is 317. The van der Waals surface area contributed by atoms with Crippen LogP contribution in [-0.2, 0) is 37.5 Å². The maximum atomic E-state index is 10.4. The molecule has 1 aromatic rings. The number of aliphatic carboxylic acids is 1. The van der Waals surface area contributed by atoms with Gasteiger partial charge in [0.15, 0.2) is 6.10 Å². The molecule has 1 atom stereocenters. The van der Waals surface area contributed by atoms with Crippen molar-refractivity contribution in [2.24, 2.45) is 0 Å². The summed E-state index contributed by atoms with van der Waals surface area (Å²) in [5.74, 6) is -0.652. The van der Waals surface area contributed by atoms with Crippen molar-refractivity contribution in [2.75, 3.05) is 0 Å². The van der Waals surface area contributed by atoms with Crippen LogP contribution in [0.15, 0.2) is 18.2 Å². The Kier molecular flexibility index (Phi) is 6.05. The van der Waals surface area contributed by atoms with Crippen LogP contribution in [0.3, 0.4) is 0 Å². The van der Waals surface area contributed by atoms with Gasteiger partial charge in [-0.1, -0.05) is 0 Å². The summed E-state index contributed by atoms with van der Waals surface area (Å²) in [6.07, 6.45) is -0.898. The van der Waals surface area contributed by atoms with Crippen LogP contribution in [0.2, 0.25) is 0 Å². The number of carboxylic acid groups (broad SMARTS) is 1. The van der Waals surface area contributed by atoms with Gasteiger partial charge >= 0.3 is 38.7 Å². The van der Waals surface area contributed by atoms with Crippen LogP contribution in [0.5, 0.6) is 5.75 Å². The number of benzene rings is 1. The summed E-state index contributed by atoms with van der Waals surface area (Å²) in [6.45, 7) is 1.44. The minimum absolute atomic E-state index is 0. The molecule has 0 aliphatic heterocycles. The van der Waals surface area contributed by atoms with Crippen molar-refractivity contribution >= 4 is 19.3 Å². The van der Waals surface area contributed by atoms with Crippen molar-refractivity contribution < 1.29 is 47.3 Å². The fourth-order valence-electron chi connectivity index (χ4n) is 0.777. The van der Waals surface area contributed by atoms with Gasteiger partial charge < -0.3 is 9.84 Å². The largest absolute Gasteiger partial charge is 3.00 e. The molecule has 0 bridgehead atoms. The number of ether oxygens (including phenoxy) is 1. The molecule has 1 unspecified atom stereocenters. The molecular weight excluding hydrogens is 256 g/mol. The molecule has 0 amide bonds. The Morgan fingerprint density at radius 2 is 2.36 bits per heavy atom. The molecule has 0 heterocycles.